The lowest BCUT2D eigenvalue weighted by Crippen LogP contribution is -2.50. The fraction of sp³-hybridized carbons (Fsp3) is 1.00. The minimum Gasteiger partial charge on any atom is -0.310 e. The first-order valence-electron chi connectivity index (χ1n) is 7.08. The lowest BCUT2D eigenvalue weighted by atomic mass is 9.91. The van der Waals surface area contributed by atoms with Gasteiger partial charge < -0.3 is 10.2 Å². The van der Waals surface area contributed by atoms with Crippen LogP contribution >= 0.6 is 11.8 Å². The first kappa shape index (κ1) is 15.3. The summed E-state index contributed by atoms with van der Waals surface area (Å²) >= 11 is 1.96. The van der Waals surface area contributed by atoms with E-state index in [1.165, 1.54) is 50.9 Å². The summed E-state index contributed by atoms with van der Waals surface area (Å²) in [6.45, 7) is 7.10. The number of likely N-dealkylation sites (N-methyl/N-ethyl adjacent to an activating group) is 1. The Balaban J connectivity index is 2.43. The van der Waals surface area contributed by atoms with Crippen molar-refractivity contribution in [3.05, 3.63) is 0 Å². The lowest BCUT2D eigenvalue weighted by molar-refractivity contribution is 0.172. The van der Waals surface area contributed by atoms with Gasteiger partial charge in [0.25, 0.3) is 0 Å². The standard InChI is InChI=1S/C14H30N2S/c1-5-8-14(9-6-10-15-14)12-16(3)13(2)7-11-17-4/h13,15H,5-12H2,1-4H3. The summed E-state index contributed by atoms with van der Waals surface area (Å²) in [6.07, 6.45) is 8.84. The molecule has 0 aromatic heterocycles. The molecule has 1 rings (SSSR count). The van der Waals surface area contributed by atoms with Crippen molar-refractivity contribution in [1.29, 1.82) is 0 Å². The van der Waals surface area contributed by atoms with Gasteiger partial charge in [0.2, 0.25) is 0 Å². The fourth-order valence-electron chi connectivity index (χ4n) is 2.92. The van der Waals surface area contributed by atoms with Crippen molar-refractivity contribution >= 4 is 11.8 Å². The van der Waals surface area contributed by atoms with Crippen LogP contribution in [0.5, 0.6) is 0 Å². The molecule has 1 aliphatic heterocycles. The molecular weight excluding hydrogens is 228 g/mol. The van der Waals surface area contributed by atoms with Gasteiger partial charge in [-0.2, -0.15) is 11.8 Å². The second kappa shape index (κ2) is 7.65. The number of hydrogen-bond acceptors (Lipinski definition) is 3. The highest BCUT2D eigenvalue weighted by Crippen LogP contribution is 2.26. The van der Waals surface area contributed by atoms with Crippen molar-refractivity contribution in [1.82, 2.24) is 10.2 Å². The number of nitrogens with zero attached hydrogens (tertiary/aromatic N) is 1. The number of rotatable bonds is 8. The highest BCUT2D eigenvalue weighted by Gasteiger charge is 2.34. The Labute approximate surface area is 112 Å². The van der Waals surface area contributed by atoms with E-state index in [1.807, 2.05) is 11.8 Å². The molecule has 0 amide bonds. The summed E-state index contributed by atoms with van der Waals surface area (Å²) in [5, 5.41) is 3.77. The average Bonchev–Trinajstić information content (AvgIpc) is 2.74. The zero-order chi connectivity index (χ0) is 12.7. The molecule has 0 spiro atoms. The maximum Gasteiger partial charge on any atom is 0.0309 e. The third-order valence-corrected chi connectivity index (χ3v) is 4.75. The summed E-state index contributed by atoms with van der Waals surface area (Å²) in [6, 6.07) is 0.707. The van der Waals surface area contributed by atoms with E-state index in [4.69, 9.17) is 0 Å². The summed E-state index contributed by atoms with van der Waals surface area (Å²) < 4.78 is 0. The molecule has 0 aromatic carbocycles. The Bertz CT molecular complexity index is 202. The van der Waals surface area contributed by atoms with E-state index in [0.29, 0.717) is 11.6 Å². The monoisotopic (exact) mass is 258 g/mol. The van der Waals surface area contributed by atoms with Crippen molar-refractivity contribution in [2.45, 2.75) is 57.5 Å². The van der Waals surface area contributed by atoms with Crippen LogP contribution in [0.1, 0.15) is 46.0 Å². The molecule has 2 unspecified atom stereocenters. The maximum atomic E-state index is 3.77. The molecule has 0 aliphatic carbocycles. The molecule has 2 nitrogen and oxygen atoms in total. The van der Waals surface area contributed by atoms with Crippen LogP contribution in [0.3, 0.4) is 0 Å². The molecule has 1 fully saturated rings. The molecule has 0 saturated carbocycles. The van der Waals surface area contributed by atoms with Gasteiger partial charge >= 0.3 is 0 Å². The van der Waals surface area contributed by atoms with E-state index in [1.54, 1.807) is 0 Å². The molecule has 2 atom stereocenters. The van der Waals surface area contributed by atoms with Crippen LogP contribution in [-0.4, -0.2) is 48.6 Å². The Kier molecular flexibility index (Phi) is 6.90. The Morgan fingerprint density at radius 3 is 2.76 bits per heavy atom. The first-order chi connectivity index (χ1) is 8.13. The summed E-state index contributed by atoms with van der Waals surface area (Å²) in [5.74, 6) is 1.28. The van der Waals surface area contributed by atoms with Gasteiger partial charge in [-0.25, -0.2) is 0 Å². The SMILES string of the molecule is CCCC1(CN(C)C(C)CCSC)CCCN1. The minimum atomic E-state index is 0.414. The van der Waals surface area contributed by atoms with E-state index in [-0.39, 0.29) is 0 Å². The quantitative estimate of drug-likeness (QED) is 0.720. The fourth-order valence-corrected chi connectivity index (χ4v) is 3.49. The minimum absolute atomic E-state index is 0.414. The molecule has 1 saturated heterocycles. The molecule has 1 aliphatic rings. The molecule has 1 N–H and O–H groups in total. The van der Waals surface area contributed by atoms with Gasteiger partial charge in [0, 0.05) is 18.1 Å². The third kappa shape index (κ3) is 4.80. The molecule has 3 heteroatoms. The second-order valence-electron chi connectivity index (χ2n) is 5.61. The van der Waals surface area contributed by atoms with Crippen LogP contribution in [0.4, 0.5) is 0 Å². The van der Waals surface area contributed by atoms with Gasteiger partial charge in [0.15, 0.2) is 0 Å². The Morgan fingerprint density at radius 1 is 1.47 bits per heavy atom. The predicted octanol–water partition coefficient (Wildman–Crippen LogP) is 2.98. The van der Waals surface area contributed by atoms with Crippen molar-refractivity contribution in [2.24, 2.45) is 0 Å². The number of hydrogen-bond donors (Lipinski definition) is 1. The van der Waals surface area contributed by atoms with Crippen LogP contribution in [0.2, 0.25) is 0 Å². The van der Waals surface area contributed by atoms with Crippen LogP contribution in [-0.2, 0) is 0 Å². The average molecular weight is 258 g/mol. The highest BCUT2D eigenvalue weighted by atomic mass is 32.2. The Hall–Kier alpha value is 0.270. The zero-order valence-electron chi connectivity index (χ0n) is 12.1. The van der Waals surface area contributed by atoms with E-state index in [0.717, 1.165) is 0 Å². The van der Waals surface area contributed by atoms with Gasteiger partial charge in [0.1, 0.15) is 0 Å². The topological polar surface area (TPSA) is 15.3 Å². The van der Waals surface area contributed by atoms with Gasteiger partial charge in [-0.05, 0) is 58.2 Å². The normalized spacial score (nSPS) is 26.6. The summed E-state index contributed by atoms with van der Waals surface area (Å²) in [7, 11) is 2.29. The van der Waals surface area contributed by atoms with E-state index in [2.05, 4.69) is 37.4 Å². The van der Waals surface area contributed by atoms with Gasteiger partial charge in [-0.3, -0.25) is 0 Å². The summed E-state index contributed by atoms with van der Waals surface area (Å²) in [5.41, 5.74) is 0.414. The molecular formula is C14H30N2S. The molecule has 0 bridgehead atoms. The molecule has 17 heavy (non-hydrogen) atoms. The number of thioether (sulfide) groups is 1. The third-order valence-electron chi connectivity index (χ3n) is 4.10. The molecule has 102 valence electrons. The number of nitrogens with one attached hydrogen (secondary N) is 1. The summed E-state index contributed by atoms with van der Waals surface area (Å²) in [4.78, 5) is 2.56. The zero-order valence-corrected chi connectivity index (χ0v) is 12.9. The van der Waals surface area contributed by atoms with Crippen LogP contribution in [0, 0.1) is 0 Å². The van der Waals surface area contributed by atoms with Crippen LogP contribution < -0.4 is 5.32 Å². The van der Waals surface area contributed by atoms with Gasteiger partial charge in [0.05, 0.1) is 0 Å². The Morgan fingerprint density at radius 2 is 2.24 bits per heavy atom. The molecule has 0 radical (unpaired) electrons. The molecule has 0 aromatic rings. The largest absolute Gasteiger partial charge is 0.310 e. The van der Waals surface area contributed by atoms with Crippen molar-refractivity contribution in [2.75, 3.05) is 32.1 Å². The first-order valence-corrected chi connectivity index (χ1v) is 8.47. The smallest absolute Gasteiger partial charge is 0.0309 e. The van der Waals surface area contributed by atoms with Crippen molar-refractivity contribution in [3.8, 4) is 0 Å². The van der Waals surface area contributed by atoms with Crippen molar-refractivity contribution in [3.63, 3.8) is 0 Å². The lowest BCUT2D eigenvalue weighted by Gasteiger charge is -2.36. The van der Waals surface area contributed by atoms with Crippen molar-refractivity contribution < 1.29 is 0 Å². The van der Waals surface area contributed by atoms with Crippen LogP contribution in [0.15, 0.2) is 0 Å². The van der Waals surface area contributed by atoms with Crippen LogP contribution in [0.25, 0.3) is 0 Å². The maximum absolute atomic E-state index is 3.77. The highest BCUT2D eigenvalue weighted by molar-refractivity contribution is 7.98. The van der Waals surface area contributed by atoms with E-state index in [9.17, 15) is 0 Å². The predicted molar refractivity (Wildman–Crippen MR) is 80.0 cm³/mol. The van der Waals surface area contributed by atoms with E-state index < -0.39 is 0 Å². The second-order valence-corrected chi connectivity index (χ2v) is 6.59. The van der Waals surface area contributed by atoms with Gasteiger partial charge in [-0.15, -0.1) is 0 Å². The van der Waals surface area contributed by atoms with Gasteiger partial charge in [-0.1, -0.05) is 13.3 Å². The molecule has 1 heterocycles. The van der Waals surface area contributed by atoms with E-state index >= 15 is 0 Å².